The summed E-state index contributed by atoms with van der Waals surface area (Å²) in [6.07, 6.45) is 1.03. The standard InChI is InChI=1S/C20H23F2NO2/c21-17-5-1-15(2-6-17)20(16-3-7-18(22)8-4-16)25-14-13-23-11-9-19(24)10-12-23/h1-8,19-20,24H,9-14H2. The predicted octanol–water partition coefficient (Wildman–Crippen LogP) is 3.53. The van der Waals surface area contributed by atoms with E-state index in [0.29, 0.717) is 6.61 Å². The fraction of sp³-hybridized carbons (Fsp3) is 0.400. The summed E-state index contributed by atoms with van der Waals surface area (Å²) in [5, 5.41) is 9.56. The molecule has 1 fully saturated rings. The first kappa shape index (κ1) is 18.0. The van der Waals surface area contributed by atoms with Crippen LogP contribution in [-0.2, 0) is 4.74 Å². The summed E-state index contributed by atoms with van der Waals surface area (Å²) in [7, 11) is 0. The first-order chi connectivity index (χ1) is 12.1. The van der Waals surface area contributed by atoms with Gasteiger partial charge in [-0.25, -0.2) is 8.78 Å². The maximum absolute atomic E-state index is 13.2. The van der Waals surface area contributed by atoms with Gasteiger partial charge in [-0.05, 0) is 48.2 Å². The molecule has 3 nitrogen and oxygen atoms in total. The van der Waals surface area contributed by atoms with Gasteiger partial charge < -0.3 is 14.7 Å². The van der Waals surface area contributed by atoms with Crippen molar-refractivity contribution in [2.45, 2.75) is 25.0 Å². The molecule has 2 aromatic rings. The molecular weight excluding hydrogens is 324 g/mol. The van der Waals surface area contributed by atoms with E-state index in [-0.39, 0.29) is 23.8 Å². The summed E-state index contributed by atoms with van der Waals surface area (Å²) in [4.78, 5) is 2.26. The topological polar surface area (TPSA) is 32.7 Å². The molecule has 2 aromatic carbocycles. The molecule has 0 atom stereocenters. The van der Waals surface area contributed by atoms with Gasteiger partial charge in [0.25, 0.3) is 0 Å². The Morgan fingerprint density at radius 3 is 1.88 bits per heavy atom. The van der Waals surface area contributed by atoms with E-state index >= 15 is 0 Å². The highest BCUT2D eigenvalue weighted by molar-refractivity contribution is 5.30. The van der Waals surface area contributed by atoms with Crippen LogP contribution in [0.25, 0.3) is 0 Å². The molecule has 0 bridgehead atoms. The van der Waals surface area contributed by atoms with Crippen molar-refractivity contribution in [1.29, 1.82) is 0 Å². The summed E-state index contributed by atoms with van der Waals surface area (Å²) in [6, 6.07) is 12.4. The monoisotopic (exact) mass is 347 g/mol. The Morgan fingerprint density at radius 2 is 1.40 bits per heavy atom. The largest absolute Gasteiger partial charge is 0.393 e. The van der Waals surface area contributed by atoms with Gasteiger partial charge in [-0.1, -0.05) is 24.3 Å². The van der Waals surface area contributed by atoms with Gasteiger partial charge >= 0.3 is 0 Å². The van der Waals surface area contributed by atoms with Crippen LogP contribution in [-0.4, -0.2) is 42.4 Å². The van der Waals surface area contributed by atoms with Crippen molar-refractivity contribution in [3.8, 4) is 0 Å². The third-order valence-corrected chi connectivity index (χ3v) is 4.59. The molecule has 0 amide bonds. The van der Waals surface area contributed by atoms with Gasteiger partial charge in [0.15, 0.2) is 0 Å². The highest BCUT2D eigenvalue weighted by Gasteiger charge is 2.19. The third-order valence-electron chi connectivity index (χ3n) is 4.59. The van der Waals surface area contributed by atoms with Gasteiger partial charge in [0.2, 0.25) is 0 Å². The van der Waals surface area contributed by atoms with Crippen LogP contribution < -0.4 is 0 Å². The van der Waals surface area contributed by atoms with Crippen LogP contribution >= 0.6 is 0 Å². The van der Waals surface area contributed by atoms with Gasteiger partial charge in [0, 0.05) is 19.6 Å². The van der Waals surface area contributed by atoms with E-state index < -0.39 is 0 Å². The number of halogens is 2. The van der Waals surface area contributed by atoms with Crippen molar-refractivity contribution in [2.75, 3.05) is 26.2 Å². The molecule has 1 aliphatic heterocycles. The Balaban J connectivity index is 1.66. The second-order valence-electron chi connectivity index (χ2n) is 6.43. The molecule has 1 saturated heterocycles. The minimum atomic E-state index is -0.364. The maximum Gasteiger partial charge on any atom is 0.123 e. The second-order valence-corrected chi connectivity index (χ2v) is 6.43. The number of rotatable bonds is 6. The molecule has 0 aliphatic carbocycles. The molecule has 0 aromatic heterocycles. The SMILES string of the molecule is OC1CCN(CCOC(c2ccc(F)cc2)c2ccc(F)cc2)CC1. The zero-order valence-electron chi connectivity index (χ0n) is 14.1. The molecule has 5 heteroatoms. The number of hydrogen-bond donors (Lipinski definition) is 1. The summed E-state index contributed by atoms with van der Waals surface area (Å²) >= 11 is 0. The van der Waals surface area contributed by atoms with E-state index in [4.69, 9.17) is 4.74 Å². The van der Waals surface area contributed by atoms with E-state index in [9.17, 15) is 13.9 Å². The van der Waals surface area contributed by atoms with Crippen LogP contribution in [0.2, 0.25) is 0 Å². The molecular formula is C20H23F2NO2. The van der Waals surface area contributed by atoms with E-state index in [1.165, 1.54) is 24.3 Å². The van der Waals surface area contributed by atoms with Crippen LogP contribution in [0.4, 0.5) is 8.78 Å². The Morgan fingerprint density at radius 1 is 0.920 bits per heavy atom. The molecule has 1 N–H and O–H groups in total. The van der Waals surface area contributed by atoms with E-state index in [2.05, 4.69) is 4.90 Å². The Bertz CT molecular complexity index is 607. The summed E-state index contributed by atoms with van der Waals surface area (Å²) in [5.41, 5.74) is 1.67. The van der Waals surface area contributed by atoms with E-state index in [1.807, 2.05) is 0 Å². The Hall–Kier alpha value is -1.82. The van der Waals surface area contributed by atoms with Gasteiger partial charge in [-0.2, -0.15) is 0 Å². The Labute approximate surface area is 146 Å². The summed E-state index contributed by atoms with van der Waals surface area (Å²) < 4.78 is 32.5. The van der Waals surface area contributed by atoms with Crippen molar-refractivity contribution in [2.24, 2.45) is 0 Å². The van der Waals surface area contributed by atoms with Gasteiger partial charge in [0.05, 0.1) is 12.7 Å². The summed E-state index contributed by atoms with van der Waals surface area (Å²) in [5.74, 6) is -0.595. The molecule has 0 radical (unpaired) electrons. The van der Waals surface area contributed by atoms with Gasteiger partial charge in [-0.3, -0.25) is 0 Å². The van der Waals surface area contributed by atoms with Crippen molar-refractivity contribution < 1.29 is 18.6 Å². The summed E-state index contributed by atoms with van der Waals surface area (Å²) in [6.45, 7) is 3.01. The lowest BCUT2D eigenvalue weighted by Gasteiger charge is -2.30. The highest BCUT2D eigenvalue weighted by Crippen LogP contribution is 2.26. The molecule has 1 heterocycles. The average Bonchev–Trinajstić information content (AvgIpc) is 2.62. The lowest BCUT2D eigenvalue weighted by Crippen LogP contribution is -2.37. The molecule has 0 unspecified atom stereocenters. The molecule has 134 valence electrons. The lowest BCUT2D eigenvalue weighted by molar-refractivity contribution is 0.0356. The first-order valence-corrected chi connectivity index (χ1v) is 8.65. The van der Waals surface area contributed by atoms with E-state index in [0.717, 1.165) is 43.6 Å². The highest BCUT2D eigenvalue weighted by atomic mass is 19.1. The normalized spacial score (nSPS) is 16.5. The molecule has 3 rings (SSSR count). The number of benzene rings is 2. The number of likely N-dealkylation sites (tertiary alicyclic amines) is 1. The lowest BCUT2D eigenvalue weighted by atomic mass is 10.0. The fourth-order valence-electron chi connectivity index (χ4n) is 3.10. The van der Waals surface area contributed by atoms with Gasteiger partial charge in [-0.15, -0.1) is 0 Å². The number of piperidine rings is 1. The van der Waals surface area contributed by atoms with Crippen LogP contribution in [0, 0.1) is 11.6 Å². The molecule has 0 spiro atoms. The number of nitrogens with zero attached hydrogens (tertiary/aromatic N) is 1. The zero-order chi connectivity index (χ0) is 17.6. The Kier molecular flexibility index (Phi) is 6.13. The zero-order valence-corrected chi connectivity index (χ0v) is 14.1. The van der Waals surface area contributed by atoms with Gasteiger partial charge in [0.1, 0.15) is 17.7 Å². The first-order valence-electron chi connectivity index (χ1n) is 8.65. The van der Waals surface area contributed by atoms with Crippen LogP contribution in [0.5, 0.6) is 0 Å². The molecule has 25 heavy (non-hydrogen) atoms. The van der Waals surface area contributed by atoms with Crippen molar-refractivity contribution >= 4 is 0 Å². The number of aliphatic hydroxyl groups is 1. The number of ether oxygens (including phenoxy) is 1. The minimum absolute atomic E-state index is 0.191. The van der Waals surface area contributed by atoms with Crippen molar-refractivity contribution in [3.05, 3.63) is 71.3 Å². The predicted molar refractivity (Wildman–Crippen MR) is 92.3 cm³/mol. The third kappa shape index (κ3) is 5.08. The molecule has 0 saturated carbocycles. The average molecular weight is 347 g/mol. The van der Waals surface area contributed by atoms with Crippen molar-refractivity contribution in [3.63, 3.8) is 0 Å². The number of hydrogen-bond acceptors (Lipinski definition) is 3. The van der Waals surface area contributed by atoms with Crippen LogP contribution in [0.1, 0.15) is 30.1 Å². The second kappa shape index (κ2) is 8.52. The van der Waals surface area contributed by atoms with Crippen LogP contribution in [0.15, 0.2) is 48.5 Å². The van der Waals surface area contributed by atoms with E-state index in [1.54, 1.807) is 24.3 Å². The van der Waals surface area contributed by atoms with Crippen molar-refractivity contribution in [1.82, 2.24) is 4.90 Å². The minimum Gasteiger partial charge on any atom is -0.393 e. The fourth-order valence-corrected chi connectivity index (χ4v) is 3.10. The molecule has 1 aliphatic rings. The smallest absolute Gasteiger partial charge is 0.123 e. The maximum atomic E-state index is 13.2. The number of aliphatic hydroxyl groups excluding tert-OH is 1. The quantitative estimate of drug-likeness (QED) is 0.868. The van der Waals surface area contributed by atoms with Crippen LogP contribution in [0.3, 0.4) is 0 Å².